The second-order valence-electron chi connectivity index (χ2n) is 4.08. The van der Waals surface area contributed by atoms with E-state index < -0.39 is 0 Å². The number of nitrogens with one attached hydrogen (secondary N) is 1. The normalized spacial score (nSPS) is 10.8. The maximum absolute atomic E-state index is 4.30. The molecule has 1 N–H and O–H groups in total. The van der Waals surface area contributed by atoms with Gasteiger partial charge in [-0.1, -0.05) is 0 Å². The molecular formula is C12H16N4. The van der Waals surface area contributed by atoms with Gasteiger partial charge in [-0.3, -0.25) is 9.55 Å². The first-order valence-corrected chi connectivity index (χ1v) is 5.39. The number of anilines is 1. The van der Waals surface area contributed by atoms with Crippen LogP contribution in [-0.4, -0.2) is 20.6 Å². The van der Waals surface area contributed by atoms with Gasteiger partial charge in [-0.15, -0.1) is 0 Å². The number of hydrogen-bond acceptors (Lipinski definition) is 3. The van der Waals surface area contributed by atoms with Gasteiger partial charge in [0.1, 0.15) is 0 Å². The molecule has 0 saturated carbocycles. The van der Waals surface area contributed by atoms with Gasteiger partial charge in [0.2, 0.25) is 5.95 Å². The molecule has 0 spiro atoms. The molecule has 0 saturated heterocycles. The lowest BCUT2D eigenvalue weighted by Crippen LogP contribution is -2.14. The lowest BCUT2D eigenvalue weighted by atomic mass is 10.2. The van der Waals surface area contributed by atoms with E-state index in [2.05, 4.69) is 36.1 Å². The zero-order chi connectivity index (χ0) is 11.5. The number of aryl methyl sites for hydroxylation is 1. The van der Waals surface area contributed by atoms with Crippen LogP contribution in [0.4, 0.5) is 5.95 Å². The lowest BCUT2D eigenvalue weighted by Gasteiger charge is -2.13. The first-order valence-electron chi connectivity index (χ1n) is 5.39. The quantitative estimate of drug-likeness (QED) is 0.856. The molecule has 0 atom stereocenters. The third kappa shape index (κ3) is 2.05. The van der Waals surface area contributed by atoms with E-state index in [0.717, 1.165) is 11.6 Å². The van der Waals surface area contributed by atoms with Crippen LogP contribution in [0.1, 0.15) is 19.4 Å². The molecule has 2 aromatic rings. The molecule has 2 heterocycles. The van der Waals surface area contributed by atoms with Crippen molar-refractivity contribution in [3.8, 4) is 5.69 Å². The summed E-state index contributed by atoms with van der Waals surface area (Å²) in [6, 6.07) is 2.35. The number of rotatable bonds is 3. The Balaban J connectivity index is 2.41. The molecule has 0 aromatic carbocycles. The molecule has 0 aliphatic carbocycles. The standard InChI is InChI=1S/C12H16N4/c1-9(2)15-12-14-6-7-16(12)11-8-13-5-4-10(11)3/h4-9H,1-3H3,(H,14,15). The number of aromatic nitrogens is 3. The number of nitrogens with zero attached hydrogens (tertiary/aromatic N) is 3. The van der Waals surface area contributed by atoms with E-state index in [1.54, 1.807) is 12.4 Å². The summed E-state index contributed by atoms with van der Waals surface area (Å²) in [6.07, 6.45) is 7.37. The summed E-state index contributed by atoms with van der Waals surface area (Å²) >= 11 is 0. The maximum atomic E-state index is 4.30. The van der Waals surface area contributed by atoms with E-state index in [1.807, 2.05) is 23.0 Å². The number of hydrogen-bond donors (Lipinski definition) is 1. The minimum absolute atomic E-state index is 0.359. The highest BCUT2D eigenvalue weighted by Gasteiger charge is 2.07. The Kier molecular flexibility index (Phi) is 2.90. The van der Waals surface area contributed by atoms with Crippen LogP contribution >= 0.6 is 0 Å². The fourth-order valence-electron chi connectivity index (χ4n) is 1.57. The predicted octanol–water partition coefficient (Wildman–Crippen LogP) is 2.40. The van der Waals surface area contributed by atoms with Crippen molar-refractivity contribution in [1.82, 2.24) is 14.5 Å². The summed E-state index contributed by atoms with van der Waals surface area (Å²) in [5, 5.41) is 3.30. The maximum Gasteiger partial charge on any atom is 0.207 e. The van der Waals surface area contributed by atoms with Gasteiger partial charge in [-0.25, -0.2) is 4.98 Å². The van der Waals surface area contributed by atoms with Crippen LogP contribution in [0.3, 0.4) is 0 Å². The Morgan fingerprint density at radius 1 is 1.31 bits per heavy atom. The third-order valence-corrected chi connectivity index (χ3v) is 2.33. The van der Waals surface area contributed by atoms with Crippen LogP contribution in [0.5, 0.6) is 0 Å². The summed E-state index contributed by atoms with van der Waals surface area (Å²) in [5.41, 5.74) is 2.24. The van der Waals surface area contributed by atoms with E-state index in [1.165, 1.54) is 5.56 Å². The Bertz CT molecular complexity index is 473. The average Bonchev–Trinajstić information content (AvgIpc) is 2.66. The number of imidazole rings is 1. The Labute approximate surface area is 95.4 Å². The molecule has 0 unspecified atom stereocenters. The predicted molar refractivity (Wildman–Crippen MR) is 64.9 cm³/mol. The first-order chi connectivity index (χ1) is 7.68. The van der Waals surface area contributed by atoms with Crippen molar-refractivity contribution >= 4 is 5.95 Å². The van der Waals surface area contributed by atoms with Gasteiger partial charge in [0.25, 0.3) is 0 Å². The Morgan fingerprint density at radius 3 is 2.81 bits per heavy atom. The molecule has 84 valence electrons. The highest BCUT2D eigenvalue weighted by molar-refractivity contribution is 5.45. The van der Waals surface area contributed by atoms with Crippen LogP contribution in [0.25, 0.3) is 5.69 Å². The second kappa shape index (κ2) is 4.35. The molecule has 2 aromatic heterocycles. The van der Waals surface area contributed by atoms with Crippen molar-refractivity contribution in [1.29, 1.82) is 0 Å². The SMILES string of the molecule is Cc1ccncc1-n1ccnc1NC(C)C. The van der Waals surface area contributed by atoms with Crippen molar-refractivity contribution < 1.29 is 0 Å². The van der Waals surface area contributed by atoms with Crippen molar-refractivity contribution in [2.75, 3.05) is 5.32 Å². The molecular weight excluding hydrogens is 200 g/mol. The van der Waals surface area contributed by atoms with Crippen LogP contribution < -0.4 is 5.32 Å². The first kappa shape index (κ1) is 10.7. The van der Waals surface area contributed by atoms with Crippen LogP contribution in [0, 0.1) is 6.92 Å². The zero-order valence-electron chi connectivity index (χ0n) is 9.81. The summed E-state index contributed by atoms with van der Waals surface area (Å²) in [4.78, 5) is 8.44. The highest BCUT2D eigenvalue weighted by atomic mass is 15.2. The van der Waals surface area contributed by atoms with Gasteiger partial charge in [0.15, 0.2) is 0 Å². The molecule has 0 radical (unpaired) electrons. The third-order valence-electron chi connectivity index (χ3n) is 2.33. The molecule has 0 fully saturated rings. The molecule has 0 aliphatic rings. The van der Waals surface area contributed by atoms with Gasteiger partial charge < -0.3 is 5.32 Å². The van der Waals surface area contributed by atoms with Crippen molar-refractivity contribution in [3.63, 3.8) is 0 Å². The van der Waals surface area contributed by atoms with E-state index >= 15 is 0 Å². The van der Waals surface area contributed by atoms with Crippen LogP contribution in [-0.2, 0) is 0 Å². The van der Waals surface area contributed by atoms with E-state index in [4.69, 9.17) is 0 Å². The summed E-state index contributed by atoms with van der Waals surface area (Å²) < 4.78 is 2.02. The topological polar surface area (TPSA) is 42.7 Å². The summed E-state index contributed by atoms with van der Waals surface area (Å²) in [7, 11) is 0. The smallest absolute Gasteiger partial charge is 0.207 e. The molecule has 4 heteroatoms. The molecule has 2 rings (SSSR count). The number of pyridine rings is 1. The van der Waals surface area contributed by atoms with Crippen LogP contribution in [0.15, 0.2) is 30.9 Å². The van der Waals surface area contributed by atoms with Crippen molar-refractivity contribution in [3.05, 3.63) is 36.4 Å². The summed E-state index contributed by atoms with van der Waals surface area (Å²) in [6.45, 7) is 6.25. The van der Waals surface area contributed by atoms with E-state index in [0.29, 0.717) is 6.04 Å². The van der Waals surface area contributed by atoms with Gasteiger partial charge in [0.05, 0.1) is 11.9 Å². The Morgan fingerprint density at radius 2 is 2.12 bits per heavy atom. The Hall–Kier alpha value is -1.84. The van der Waals surface area contributed by atoms with Crippen LogP contribution in [0.2, 0.25) is 0 Å². The van der Waals surface area contributed by atoms with Crippen molar-refractivity contribution in [2.24, 2.45) is 0 Å². The fraction of sp³-hybridized carbons (Fsp3) is 0.333. The van der Waals surface area contributed by atoms with Gasteiger partial charge in [0, 0.05) is 24.6 Å². The molecule has 0 bridgehead atoms. The molecule has 0 amide bonds. The molecule has 4 nitrogen and oxygen atoms in total. The second-order valence-corrected chi connectivity index (χ2v) is 4.08. The van der Waals surface area contributed by atoms with E-state index in [9.17, 15) is 0 Å². The molecule has 0 aliphatic heterocycles. The molecule has 16 heavy (non-hydrogen) atoms. The fourth-order valence-corrected chi connectivity index (χ4v) is 1.57. The minimum Gasteiger partial charge on any atom is -0.353 e. The van der Waals surface area contributed by atoms with Gasteiger partial charge in [-0.05, 0) is 32.4 Å². The van der Waals surface area contributed by atoms with Gasteiger partial charge >= 0.3 is 0 Å². The summed E-state index contributed by atoms with van der Waals surface area (Å²) in [5.74, 6) is 0.853. The minimum atomic E-state index is 0.359. The average molecular weight is 216 g/mol. The highest BCUT2D eigenvalue weighted by Crippen LogP contribution is 2.17. The van der Waals surface area contributed by atoms with Gasteiger partial charge in [-0.2, -0.15) is 0 Å². The largest absolute Gasteiger partial charge is 0.353 e. The lowest BCUT2D eigenvalue weighted by molar-refractivity contribution is 0.861. The van der Waals surface area contributed by atoms with Crippen molar-refractivity contribution in [2.45, 2.75) is 26.8 Å². The zero-order valence-corrected chi connectivity index (χ0v) is 9.81. The van der Waals surface area contributed by atoms with E-state index in [-0.39, 0.29) is 0 Å². The monoisotopic (exact) mass is 216 g/mol.